The number of amides is 1. The van der Waals surface area contributed by atoms with Gasteiger partial charge < -0.3 is 5.32 Å². The van der Waals surface area contributed by atoms with Crippen LogP contribution in [-0.2, 0) is 0 Å². The van der Waals surface area contributed by atoms with Crippen LogP contribution in [0.25, 0.3) is 0 Å². The normalized spacial score (nSPS) is 12.2. The Kier molecular flexibility index (Phi) is 4.62. The molecule has 2 aromatic heterocycles. The lowest BCUT2D eigenvalue weighted by Crippen LogP contribution is -2.27. The Balaban J connectivity index is 2.19. The van der Waals surface area contributed by atoms with Crippen molar-refractivity contribution in [2.24, 2.45) is 0 Å². The Labute approximate surface area is 131 Å². The molecule has 0 radical (unpaired) electrons. The van der Waals surface area contributed by atoms with Crippen LogP contribution in [0.4, 0.5) is 0 Å². The van der Waals surface area contributed by atoms with Crippen LogP contribution >= 0.6 is 34.5 Å². The average Bonchev–Trinajstić information content (AvgIpc) is 2.71. The van der Waals surface area contributed by atoms with Gasteiger partial charge in [0.2, 0.25) is 0 Å². The van der Waals surface area contributed by atoms with Gasteiger partial charge >= 0.3 is 0 Å². The third kappa shape index (κ3) is 3.29. The monoisotopic (exact) mass is 329 g/mol. The van der Waals surface area contributed by atoms with E-state index in [0.29, 0.717) is 0 Å². The molecule has 7 heteroatoms. The lowest BCUT2D eigenvalue weighted by atomic mass is 10.2. The molecular formula is C13H13Cl2N3OS. The molecule has 1 N–H and O–H groups in total. The Morgan fingerprint density at radius 2 is 2.00 bits per heavy atom. The summed E-state index contributed by atoms with van der Waals surface area (Å²) in [6, 6.07) is 2.94. The van der Waals surface area contributed by atoms with E-state index in [0.717, 1.165) is 15.6 Å². The lowest BCUT2D eigenvalue weighted by molar-refractivity contribution is 0.0935. The van der Waals surface area contributed by atoms with Crippen LogP contribution in [0, 0.1) is 13.8 Å². The van der Waals surface area contributed by atoms with Crippen molar-refractivity contribution < 1.29 is 4.79 Å². The van der Waals surface area contributed by atoms with Crippen molar-refractivity contribution in [1.82, 2.24) is 15.3 Å². The first-order chi connectivity index (χ1) is 9.38. The topological polar surface area (TPSA) is 54.9 Å². The van der Waals surface area contributed by atoms with Crippen molar-refractivity contribution in [1.29, 1.82) is 0 Å². The number of pyridine rings is 1. The molecule has 0 spiro atoms. The molecule has 4 nitrogen and oxygen atoms in total. The van der Waals surface area contributed by atoms with E-state index in [4.69, 9.17) is 23.2 Å². The highest BCUT2D eigenvalue weighted by molar-refractivity contribution is 7.11. The second-order valence-corrected chi connectivity index (χ2v) is 6.37. The predicted molar refractivity (Wildman–Crippen MR) is 81.7 cm³/mol. The molecular weight excluding hydrogens is 317 g/mol. The van der Waals surface area contributed by atoms with E-state index in [-0.39, 0.29) is 27.8 Å². The molecule has 1 amide bonds. The highest BCUT2D eigenvalue weighted by Gasteiger charge is 2.19. The van der Waals surface area contributed by atoms with Crippen molar-refractivity contribution in [2.75, 3.05) is 0 Å². The van der Waals surface area contributed by atoms with Crippen LogP contribution in [0.15, 0.2) is 12.1 Å². The van der Waals surface area contributed by atoms with E-state index in [1.807, 2.05) is 20.8 Å². The van der Waals surface area contributed by atoms with E-state index >= 15 is 0 Å². The molecule has 2 heterocycles. The zero-order valence-electron chi connectivity index (χ0n) is 11.2. The number of carbonyl (C=O) groups is 1. The number of carbonyl (C=O) groups excluding carboxylic acids is 1. The fourth-order valence-electron chi connectivity index (χ4n) is 1.86. The van der Waals surface area contributed by atoms with Crippen LogP contribution < -0.4 is 5.32 Å². The summed E-state index contributed by atoms with van der Waals surface area (Å²) in [5, 5.41) is 4.34. The first kappa shape index (κ1) is 15.2. The Bertz CT molecular complexity index is 657. The lowest BCUT2D eigenvalue weighted by Gasteiger charge is -2.13. The van der Waals surface area contributed by atoms with Gasteiger partial charge in [-0.3, -0.25) is 4.79 Å². The Morgan fingerprint density at radius 3 is 2.60 bits per heavy atom. The number of hydrogen-bond donors (Lipinski definition) is 1. The van der Waals surface area contributed by atoms with Crippen molar-refractivity contribution >= 4 is 40.4 Å². The number of halogens is 2. The summed E-state index contributed by atoms with van der Waals surface area (Å²) in [5.74, 6) is -0.351. The van der Waals surface area contributed by atoms with Crippen LogP contribution in [0.2, 0.25) is 10.2 Å². The molecule has 0 aliphatic carbocycles. The van der Waals surface area contributed by atoms with Gasteiger partial charge in [-0.25, -0.2) is 9.97 Å². The van der Waals surface area contributed by atoms with E-state index in [1.165, 1.54) is 0 Å². The molecule has 0 aliphatic rings. The quantitative estimate of drug-likeness (QED) is 0.867. The maximum Gasteiger partial charge on any atom is 0.271 e. The summed E-state index contributed by atoms with van der Waals surface area (Å²) in [7, 11) is 0. The fraction of sp³-hybridized carbons (Fsp3) is 0.308. The largest absolute Gasteiger partial charge is 0.343 e. The third-order valence-electron chi connectivity index (χ3n) is 2.71. The molecule has 1 atom stereocenters. The number of nitrogens with zero attached hydrogens (tertiary/aromatic N) is 2. The minimum Gasteiger partial charge on any atom is -0.343 e. The SMILES string of the molecule is Cc1nc(C)c([C@@H](C)NC(=O)c2nc(Cl)ccc2Cl)s1. The first-order valence-corrected chi connectivity index (χ1v) is 7.52. The van der Waals surface area contributed by atoms with Crippen molar-refractivity contribution in [3.8, 4) is 0 Å². The summed E-state index contributed by atoms with van der Waals surface area (Å²) in [5.41, 5.74) is 1.05. The highest BCUT2D eigenvalue weighted by atomic mass is 35.5. The maximum atomic E-state index is 12.2. The molecule has 0 unspecified atom stereocenters. The second kappa shape index (κ2) is 6.08. The number of nitrogens with one attached hydrogen (secondary N) is 1. The first-order valence-electron chi connectivity index (χ1n) is 5.95. The van der Waals surface area contributed by atoms with E-state index in [1.54, 1.807) is 23.5 Å². The summed E-state index contributed by atoms with van der Waals surface area (Å²) < 4.78 is 0. The van der Waals surface area contributed by atoms with Crippen LogP contribution in [0.5, 0.6) is 0 Å². The Morgan fingerprint density at radius 1 is 1.30 bits per heavy atom. The fourth-order valence-corrected chi connectivity index (χ4v) is 3.13. The molecule has 0 saturated carbocycles. The van der Waals surface area contributed by atoms with Gasteiger partial charge in [0.15, 0.2) is 0 Å². The Hall–Kier alpha value is -1.17. The zero-order chi connectivity index (χ0) is 14.9. The van der Waals surface area contributed by atoms with Crippen LogP contribution in [0.1, 0.15) is 39.0 Å². The summed E-state index contributed by atoms with van der Waals surface area (Å²) in [6.07, 6.45) is 0. The molecule has 2 rings (SSSR count). The smallest absolute Gasteiger partial charge is 0.271 e. The molecule has 0 saturated heterocycles. The number of aromatic nitrogens is 2. The summed E-state index contributed by atoms with van der Waals surface area (Å²) in [4.78, 5) is 21.5. The summed E-state index contributed by atoms with van der Waals surface area (Å²) in [6.45, 7) is 5.76. The number of aryl methyl sites for hydroxylation is 2. The van der Waals surface area contributed by atoms with Gasteiger partial charge in [0, 0.05) is 4.88 Å². The van der Waals surface area contributed by atoms with Gasteiger partial charge in [-0.1, -0.05) is 23.2 Å². The number of thiazole rings is 1. The van der Waals surface area contributed by atoms with Crippen LogP contribution in [-0.4, -0.2) is 15.9 Å². The molecule has 0 fully saturated rings. The van der Waals surface area contributed by atoms with Gasteiger partial charge in [0.1, 0.15) is 10.8 Å². The average molecular weight is 330 g/mol. The van der Waals surface area contributed by atoms with Crippen molar-refractivity contribution in [3.05, 3.63) is 43.6 Å². The van der Waals surface area contributed by atoms with E-state index in [2.05, 4.69) is 15.3 Å². The maximum absolute atomic E-state index is 12.2. The predicted octanol–water partition coefficient (Wildman–Crippen LogP) is 3.95. The minimum absolute atomic E-state index is 0.130. The molecule has 20 heavy (non-hydrogen) atoms. The van der Waals surface area contributed by atoms with E-state index < -0.39 is 0 Å². The van der Waals surface area contributed by atoms with E-state index in [9.17, 15) is 4.79 Å². The highest BCUT2D eigenvalue weighted by Crippen LogP contribution is 2.25. The van der Waals surface area contributed by atoms with Crippen LogP contribution in [0.3, 0.4) is 0 Å². The molecule has 0 bridgehead atoms. The number of rotatable bonds is 3. The number of hydrogen-bond acceptors (Lipinski definition) is 4. The molecule has 0 aromatic carbocycles. The second-order valence-electron chi connectivity index (χ2n) is 4.34. The van der Waals surface area contributed by atoms with Gasteiger partial charge in [-0.2, -0.15) is 0 Å². The van der Waals surface area contributed by atoms with Gasteiger partial charge in [-0.15, -0.1) is 11.3 Å². The summed E-state index contributed by atoms with van der Waals surface area (Å²) >= 11 is 13.3. The molecule has 0 aliphatic heterocycles. The molecule has 106 valence electrons. The molecule has 2 aromatic rings. The van der Waals surface area contributed by atoms with Crippen molar-refractivity contribution in [3.63, 3.8) is 0 Å². The van der Waals surface area contributed by atoms with Gasteiger partial charge in [-0.05, 0) is 32.9 Å². The third-order valence-corrected chi connectivity index (χ3v) is 4.48. The standard InChI is InChI=1S/C13H13Cl2N3OS/c1-6-12(20-8(3)16-6)7(2)17-13(19)11-9(14)4-5-10(15)18-11/h4-5,7H,1-3H3,(H,17,19)/t7-/m1/s1. The zero-order valence-corrected chi connectivity index (χ0v) is 13.5. The minimum atomic E-state index is -0.351. The van der Waals surface area contributed by atoms with Gasteiger partial charge in [0.05, 0.1) is 21.8 Å². The van der Waals surface area contributed by atoms with Crippen molar-refractivity contribution in [2.45, 2.75) is 26.8 Å². The van der Waals surface area contributed by atoms with Gasteiger partial charge in [0.25, 0.3) is 5.91 Å².